The molecule has 11 heteroatoms. The second-order valence-corrected chi connectivity index (χ2v) is 9.70. The van der Waals surface area contributed by atoms with Crippen LogP contribution < -0.4 is 15.0 Å². The summed E-state index contributed by atoms with van der Waals surface area (Å²) in [5.74, 6) is 1.13. The summed E-state index contributed by atoms with van der Waals surface area (Å²) < 4.78 is 30.0. The molecule has 0 aliphatic carbocycles. The van der Waals surface area contributed by atoms with Crippen molar-refractivity contribution in [1.29, 1.82) is 5.26 Å². The highest BCUT2D eigenvalue weighted by Gasteiger charge is 2.17. The van der Waals surface area contributed by atoms with Crippen molar-refractivity contribution in [3.05, 3.63) is 54.4 Å². The Labute approximate surface area is 197 Å². The predicted molar refractivity (Wildman–Crippen MR) is 129 cm³/mol. The summed E-state index contributed by atoms with van der Waals surface area (Å²) in [5.41, 5.74) is 2.90. The van der Waals surface area contributed by atoms with E-state index in [0.29, 0.717) is 17.3 Å². The molecule has 4 rings (SSSR count). The largest absolute Gasteiger partial charge is 0.495 e. The standard InChI is InChI=1S/C23H23N7O3S/c1-4-34(31,32)17-6-8-21(33-3)20(14-17)26-23-25-11-9-22(27-23)30(12-10-24)16-5-7-18-15(2)28-29-19(18)13-16/h5-9,11,13-14H,4,12H2,1-3H3,(H,28,29)(H,25,26,27). The third-order valence-corrected chi connectivity index (χ3v) is 7.08. The molecule has 2 aromatic heterocycles. The number of H-pyrrole nitrogens is 1. The zero-order valence-corrected chi connectivity index (χ0v) is 19.7. The minimum Gasteiger partial charge on any atom is -0.495 e. The fraction of sp³-hybridized carbons (Fsp3) is 0.217. The average Bonchev–Trinajstić information content (AvgIpc) is 3.22. The highest BCUT2D eigenvalue weighted by Crippen LogP contribution is 2.31. The molecule has 0 aliphatic heterocycles. The van der Waals surface area contributed by atoms with E-state index in [1.807, 2.05) is 25.1 Å². The number of aromatic nitrogens is 4. The van der Waals surface area contributed by atoms with Gasteiger partial charge in [0.05, 0.1) is 35.0 Å². The van der Waals surface area contributed by atoms with Gasteiger partial charge in [-0.1, -0.05) is 6.92 Å². The second kappa shape index (κ2) is 9.36. The smallest absolute Gasteiger partial charge is 0.229 e. The molecule has 174 valence electrons. The molecule has 0 spiro atoms. The monoisotopic (exact) mass is 477 g/mol. The number of benzene rings is 2. The van der Waals surface area contributed by atoms with Gasteiger partial charge in [0.15, 0.2) is 9.84 Å². The first kappa shape index (κ1) is 23.0. The van der Waals surface area contributed by atoms with Crippen LogP contribution in [0.3, 0.4) is 0 Å². The molecule has 0 saturated heterocycles. The van der Waals surface area contributed by atoms with Crippen molar-refractivity contribution in [3.63, 3.8) is 0 Å². The highest BCUT2D eigenvalue weighted by atomic mass is 32.2. The zero-order valence-electron chi connectivity index (χ0n) is 18.9. The van der Waals surface area contributed by atoms with Gasteiger partial charge in [-0.2, -0.15) is 15.3 Å². The minimum absolute atomic E-state index is 0.0201. The Bertz CT molecular complexity index is 1490. The van der Waals surface area contributed by atoms with Crippen LogP contribution in [0.5, 0.6) is 5.75 Å². The number of hydrogen-bond donors (Lipinski definition) is 2. The third kappa shape index (κ3) is 4.49. The van der Waals surface area contributed by atoms with Gasteiger partial charge in [-0.15, -0.1) is 0 Å². The van der Waals surface area contributed by atoms with Crippen LogP contribution in [-0.4, -0.2) is 48.0 Å². The van der Waals surface area contributed by atoms with Gasteiger partial charge in [0.2, 0.25) is 5.95 Å². The normalized spacial score (nSPS) is 11.2. The van der Waals surface area contributed by atoms with Gasteiger partial charge in [-0.05, 0) is 49.4 Å². The lowest BCUT2D eigenvalue weighted by atomic mass is 10.2. The maximum Gasteiger partial charge on any atom is 0.229 e. The third-order valence-electron chi connectivity index (χ3n) is 5.34. The van der Waals surface area contributed by atoms with Crippen molar-refractivity contribution < 1.29 is 13.2 Å². The van der Waals surface area contributed by atoms with Crippen LogP contribution in [0, 0.1) is 18.3 Å². The first-order valence-corrected chi connectivity index (χ1v) is 12.1. The first-order valence-electron chi connectivity index (χ1n) is 10.5. The molecule has 10 nitrogen and oxygen atoms in total. The Hall–Kier alpha value is -4.17. The summed E-state index contributed by atoms with van der Waals surface area (Å²) in [5, 5.41) is 20.7. The van der Waals surface area contributed by atoms with Crippen LogP contribution in [0.25, 0.3) is 10.9 Å². The lowest BCUT2D eigenvalue weighted by Gasteiger charge is -2.21. The number of anilines is 4. The molecular formula is C23H23N7O3S. The minimum atomic E-state index is -3.41. The topological polar surface area (TPSA) is 137 Å². The van der Waals surface area contributed by atoms with Gasteiger partial charge in [0, 0.05) is 23.0 Å². The fourth-order valence-corrected chi connectivity index (χ4v) is 4.41. The van der Waals surface area contributed by atoms with Crippen molar-refractivity contribution in [2.45, 2.75) is 18.7 Å². The van der Waals surface area contributed by atoms with Crippen LogP contribution in [0.2, 0.25) is 0 Å². The molecule has 2 heterocycles. The number of sulfone groups is 1. The Morgan fingerprint density at radius 1 is 1.21 bits per heavy atom. The van der Waals surface area contributed by atoms with E-state index in [-0.39, 0.29) is 23.1 Å². The maximum absolute atomic E-state index is 12.3. The van der Waals surface area contributed by atoms with Crippen molar-refractivity contribution in [1.82, 2.24) is 20.2 Å². The number of ether oxygens (including phenoxy) is 1. The van der Waals surface area contributed by atoms with E-state index in [2.05, 4.69) is 31.6 Å². The summed E-state index contributed by atoms with van der Waals surface area (Å²) in [6.45, 7) is 3.59. The molecule has 0 saturated carbocycles. The summed E-state index contributed by atoms with van der Waals surface area (Å²) in [6.07, 6.45) is 1.56. The number of aromatic amines is 1. The van der Waals surface area contributed by atoms with E-state index in [1.54, 1.807) is 30.2 Å². The van der Waals surface area contributed by atoms with E-state index in [4.69, 9.17) is 4.74 Å². The molecule has 0 unspecified atom stereocenters. The molecule has 0 aliphatic rings. The molecule has 2 aromatic carbocycles. The molecule has 4 aromatic rings. The Morgan fingerprint density at radius 2 is 2.03 bits per heavy atom. The SMILES string of the molecule is CCS(=O)(=O)c1ccc(OC)c(Nc2nccc(N(CC#N)c3ccc4c(C)[nH]nc4c3)n2)c1. The lowest BCUT2D eigenvalue weighted by molar-refractivity contribution is 0.416. The van der Waals surface area contributed by atoms with Crippen molar-refractivity contribution in [2.24, 2.45) is 0 Å². The number of methoxy groups -OCH3 is 1. The highest BCUT2D eigenvalue weighted by molar-refractivity contribution is 7.91. The van der Waals surface area contributed by atoms with Gasteiger partial charge in [-0.3, -0.25) is 5.10 Å². The van der Waals surface area contributed by atoms with E-state index in [0.717, 1.165) is 22.3 Å². The molecule has 0 bridgehead atoms. The van der Waals surface area contributed by atoms with Crippen molar-refractivity contribution in [3.8, 4) is 11.8 Å². The first-order chi connectivity index (χ1) is 16.4. The number of fused-ring (bicyclic) bond motifs is 1. The summed E-state index contributed by atoms with van der Waals surface area (Å²) >= 11 is 0. The van der Waals surface area contributed by atoms with Crippen LogP contribution in [0.4, 0.5) is 23.1 Å². The number of nitrogens with one attached hydrogen (secondary N) is 2. The average molecular weight is 478 g/mol. The number of rotatable bonds is 8. The molecule has 0 fully saturated rings. The van der Waals surface area contributed by atoms with Crippen LogP contribution in [-0.2, 0) is 9.84 Å². The summed E-state index contributed by atoms with van der Waals surface area (Å²) in [6, 6.07) is 14.2. The molecule has 34 heavy (non-hydrogen) atoms. The summed E-state index contributed by atoms with van der Waals surface area (Å²) in [7, 11) is -1.91. The van der Waals surface area contributed by atoms with Crippen LogP contribution in [0.1, 0.15) is 12.6 Å². The lowest BCUT2D eigenvalue weighted by Crippen LogP contribution is -2.19. The van der Waals surface area contributed by atoms with Crippen LogP contribution in [0.15, 0.2) is 53.6 Å². The quantitative estimate of drug-likeness (QED) is 0.362. The van der Waals surface area contributed by atoms with Gasteiger partial charge in [-0.25, -0.2) is 13.4 Å². The zero-order chi connectivity index (χ0) is 24.3. The number of nitrogens with zero attached hydrogens (tertiary/aromatic N) is 5. The predicted octanol–water partition coefficient (Wildman–Crippen LogP) is 3.87. The van der Waals surface area contributed by atoms with Crippen molar-refractivity contribution in [2.75, 3.05) is 29.6 Å². The number of aryl methyl sites for hydroxylation is 1. The van der Waals surface area contributed by atoms with Crippen LogP contribution >= 0.6 is 0 Å². The number of hydrogen-bond acceptors (Lipinski definition) is 9. The molecule has 2 N–H and O–H groups in total. The van der Waals surface area contributed by atoms with E-state index in [9.17, 15) is 13.7 Å². The van der Waals surface area contributed by atoms with Gasteiger partial charge >= 0.3 is 0 Å². The Balaban J connectivity index is 1.70. The molecule has 0 radical (unpaired) electrons. The molecular weight excluding hydrogens is 454 g/mol. The maximum atomic E-state index is 12.3. The fourth-order valence-electron chi connectivity index (χ4n) is 3.50. The van der Waals surface area contributed by atoms with Gasteiger partial charge in [0.1, 0.15) is 18.1 Å². The van der Waals surface area contributed by atoms with E-state index in [1.165, 1.54) is 19.2 Å². The number of nitriles is 1. The second-order valence-electron chi connectivity index (χ2n) is 7.42. The van der Waals surface area contributed by atoms with Gasteiger partial charge < -0.3 is 15.0 Å². The Morgan fingerprint density at radius 3 is 2.76 bits per heavy atom. The Kier molecular flexibility index (Phi) is 6.34. The van der Waals surface area contributed by atoms with E-state index < -0.39 is 9.84 Å². The van der Waals surface area contributed by atoms with Crippen molar-refractivity contribution >= 4 is 43.9 Å². The van der Waals surface area contributed by atoms with E-state index >= 15 is 0 Å². The van der Waals surface area contributed by atoms with Gasteiger partial charge in [0.25, 0.3) is 0 Å². The summed E-state index contributed by atoms with van der Waals surface area (Å²) in [4.78, 5) is 10.7. The molecule has 0 amide bonds. The molecule has 0 atom stereocenters.